The smallest absolute Gasteiger partial charge is 0.0522 e. The summed E-state index contributed by atoms with van der Waals surface area (Å²) in [5, 5.41) is 10.7. The number of nitrogens with zero attached hydrogens (tertiary/aromatic N) is 1. The summed E-state index contributed by atoms with van der Waals surface area (Å²) in [5.74, 6) is 1.01. The monoisotopic (exact) mass is 235 g/mol. The van der Waals surface area contributed by atoms with Gasteiger partial charge in [-0.1, -0.05) is 19.3 Å². The van der Waals surface area contributed by atoms with Crippen LogP contribution in [0.15, 0.2) is 6.20 Å². The van der Waals surface area contributed by atoms with E-state index in [1.165, 1.54) is 43.4 Å². The Labute approximate surface area is 104 Å². The maximum absolute atomic E-state index is 4.05. The molecule has 1 saturated carbocycles. The van der Waals surface area contributed by atoms with Gasteiger partial charge in [0.2, 0.25) is 0 Å². The minimum absolute atomic E-state index is 0.686. The van der Waals surface area contributed by atoms with Crippen LogP contribution in [-0.2, 0) is 6.42 Å². The van der Waals surface area contributed by atoms with Gasteiger partial charge in [-0.05, 0) is 51.1 Å². The number of H-pyrrole nitrogens is 1. The molecule has 1 aromatic rings. The van der Waals surface area contributed by atoms with Crippen molar-refractivity contribution in [2.45, 2.75) is 58.4 Å². The maximum Gasteiger partial charge on any atom is 0.0522 e. The van der Waals surface area contributed by atoms with Crippen molar-refractivity contribution >= 4 is 0 Å². The quantitative estimate of drug-likeness (QED) is 0.713. The van der Waals surface area contributed by atoms with E-state index in [2.05, 4.69) is 29.4 Å². The average Bonchev–Trinajstić information content (AvgIpc) is 2.65. The Hall–Kier alpha value is -0.830. The zero-order valence-corrected chi connectivity index (χ0v) is 11.1. The summed E-state index contributed by atoms with van der Waals surface area (Å²) < 4.78 is 0. The average molecular weight is 235 g/mol. The summed E-state index contributed by atoms with van der Waals surface area (Å²) in [7, 11) is 0. The second-order valence-corrected chi connectivity index (χ2v) is 5.51. The highest BCUT2D eigenvalue weighted by Crippen LogP contribution is 2.30. The summed E-state index contributed by atoms with van der Waals surface area (Å²) in [6, 6.07) is 0.686. The number of aromatic nitrogens is 2. The molecule has 1 aliphatic rings. The van der Waals surface area contributed by atoms with Gasteiger partial charge in [-0.15, -0.1) is 0 Å². The molecule has 1 atom stereocenters. The Kier molecular flexibility index (Phi) is 4.60. The second-order valence-electron chi connectivity index (χ2n) is 5.51. The van der Waals surface area contributed by atoms with Crippen LogP contribution in [0.1, 0.15) is 50.3 Å². The van der Waals surface area contributed by atoms with Gasteiger partial charge >= 0.3 is 0 Å². The molecule has 2 N–H and O–H groups in total. The standard InChI is InChI=1S/C14H25N3/c1-11(9-13-5-3-6-13)15-8-4-7-14-10-16-17-12(14)2/h10-11,13,15H,3-9H2,1-2H3,(H,16,17). The van der Waals surface area contributed by atoms with E-state index >= 15 is 0 Å². The van der Waals surface area contributed by atoms with Crippen LogP contribution < -0.4 is 5.32 Å². The number of nitrogens with one attached hydrogen (secondary N) is 2. The Bertz CT molecular complexity index is 328. The van der Waals surface area contributed by atoms with Crippen LogP contribution in [0.3, 0.4) is 0 Å². The lowest BCUT2D eigenvalue weighted by Gasteiger charge is -2.28. The lowest BCUT2D eigenvalue weighted by Crippen LogP contribution is -2.31. The molecule has 0 spiro atoms. The van der Waals surface area contributed by atoms with E-state index in [1.54, 1.807) is 0 Å². The molecule has 0 aliphatic heterocycles. The van der Waals surface area contributed by atoms with E-state index in [-0.39, 0.29) is 0 Å². The lowest BCUT2D eigenvalue weighted by atomic mass is 9.81. The third kappa shape index (κ3) is 3.84. The van der Waals surface area contributed by atoms with Gasteiger partial charge < -0.3 is 5.32 Å². The third-order valence-electron chi connectivity index (χ3n) is 3.96. The van der Waals surface area contributed by atoms with Crippen molar-refractivity contribution in [3.8, 4) is 0 Å². The fourth-order valence-electron chi connectivity index (χ4n) is 2.57. The molecule has 2 rings (SSSR count). The van der Waals surface area contributed by atoms with Gasteiger partial charge in [-0.25, -0.2) is 0 Å². The highest BCUT2D eigenvalue weighted by Gasteiger charge is 2.19. The van der Waals surface area contributed by atoms with Crippen LogP contribution in [0.25, 0.3) is 0 Å². The van der Waals surface area contributed by atoms with Crippen molar-refractivity contribution < 1.29 is 0 Å². The van der Waals surface area contributed by atoms with Crippen molar-refractivity contribution in [2.75, 3.05) is 6.54 Å². The van der Waals surface area contributed by atoms with Gasteiger partial charge in [0.1, 0.15) is 0 Å². The molecule has 0 saturated heterocycles. The van der Waals surface area contributed by atoms with Crippen LogP contribution >= 0.6 is 0 Å². The van der Waals surface area contributed by atoms with Crippen molar-refractivity contribution in [1.82, 2.24) is 15.5 Å². The van der Waals surface area contributed by atoms with E-state index in [0.29, 0.717) is 6.04 Å². The molecule has 1 aromatic heterocycles. The number of hydrogen-bond donors (Lipinski definition) is 2. The van der Waals surface area contributed by atoms with Crippen LogP contribution in [0.4, 0.5) is 0 Å². The summed E-state index contributed by atoms with van der Waals surface area (Å²) in [6.45, 7) is 5.54. The lowest BCUT2D eigenvalue weighted by molar-refractivity contribution is 0.266. The summed E-state index contributed by atoms with van der Waals surface area (Å²) in [6.07, 6.45) is 10.0. The van der Waals surface area contributed by atoms with Gasteiger partial charge in [-0.2, -0.15) is 5.10 Å². The van der Waals surface area contributed by atoms with Gasteiger partial charge in [-0.3, -0.25) is 5.10 Å². The molecule has 1 unspecified atom stereocenters. The Morgan fingerprint density at radius 3 is 2.94 bits per heavy atom. The molecule has 3 heteroatoms. The molecule has 1 aliphatic carbocycles. The molecule has 17 heavy (non-hydrogen) atoms. The van der Waals surface area contributed by atoms with E-state index in [0.717, 1.165) is 18.9 Å². The molecular formula is C14H25N3. The molecule has 3 nitrogen and oxygen atoms in total. The van der Waals surface area contributed by atoms with Gasteiger partial charge in [0, 0.05) is 11.7 Å². The first-order valence-corrected chi connectivity index (χ1v) is 6.98. The van der Waals surface area contributed by atoms with Crippen LogP contribution in [0, 0.1) is 12.8 Å². The van der Waals surface area contributed by atoms with Crippen molar-refractivity contribution in [2.24, 2.45) is 5.92 Å². The van der Waals surface area contributed by atoms with E-state index < -0.39 is 0 Å². The largest absolute Gasteiger partial charge is 0.314 e. The van der Waals surface area contributed by atoms with Gasteiger partial charge in [0.15, 0.2) is 0 Å². The highest BCUT2D eigenvalue weighted by atomic mass is 15.1. The number of hydrogen-bond acceptors (Lipinski definition) is 2. The van der Waals surface area contributed by atoms with Gasteiger partial charge in [0.25, 0.3) is 0 Å². The Morgan fingerprint density at radius 1 is 1.53 bits per heavy atom. The molecule has 1 fully saturated rings. The van der Waals surface area contributed by atoms with Crippen molar-refractivity contribution in [3.63, 3.8) is 0 Å². The summed E-state index contributed by atoms with van der Waals surface area (Å²) in [4.78, 5) is 0. The fourth-order valence-corrected chi connectivity index (χ4v) is 2.57. The van der Waals surface area contributed by atoms with Crippen LogP contribution in [0.2, 0.25) is 0 Å². The predicted octanol–water partition coefficient (Wildman–Crippen LogP) is 2.82. The number of aromatic amines is 1. The second kappa shape index (κ2) is 6.20. The first-order valence-electron chi connectivity index (χ1n) is 6.98. The molecule has 0 aromatic carbocycles. The molecule has 0 amide bonds. The summed E-state index contributed by atoms with van der Waals surface area (Å²) in [5.41, 5.74) is 2.57. The van der Waals surface area contributed by atoms with Gasteiger partial charge in [0.05, 0.1) is 6.20 Å². The minimum atomic E-state index is 0.686. The predicted molar refractivity (Wildman–Crippen MR) is 71.1 cm³/mol. The molecule has 1 heterocycles. The molecule has 0 radical (unpaired) electrons. The summed E-state index contributed by atoms with van der Waals surface area (Å²) >= 11 is 0. The first kappa shape index (κ1) is 12.6. The van der Waals surface area contributed by atoms with Crippen molar-refractivity contribution in [1.29, 1.82) is 0 Å². The zero-order valence-electron chi connectivity index (χ0n) is 11.1. The SMILES string of the molecule is Cc1[nH]ncc1CCCNC(C)CC1CCC1. The van der Waals surface area contributed by atoms with Crippen LogP contribution in [-0.4, -0.2) is 22.8 Å². The first-order chi connectivity index (χ1) is 8.25. The highest BCUT2D eigenvalue weighted by molar-refractivity contribution is 5.14. The van der Waals surface area contributed by atoms with E-state index in [4.69, 9.17) is 0 Å². The molecular weight excluding hydrogens is 210 g/mol. The number of rotatable bonds is 7. The van der Waals surface area contributed by atoms with E-state index in [9.17, 15) is 0 Å². The van der Waals surface area contributed by atoms with E-state index in [1.807, 2.05) is 6.20 Å². The topological polar surface area (TPSA) is 40.7 Å². The normalized spacial score (nSPS) is 18.0. The fraction of sp³-hybridized carbons (Fsp3) is 0.786. The third-order valence-corrected chi connectivity index (χ3v) is 3.96. The molecule has 96 valence electrons. The molecule has 0 bridgehead atoms. The van der Waals surface area contributed by atoms with Crippen molar-refractivity contribution in [3.05, 3.63) is 17.5 Å². The Morgan fingerprint density at radius 2 is 2.35 bits per heavy atom. The van der Waals surface area contributed by atoms with Crippen LogP contribution in [0.5, 0.6) is 0 Å². The number of aryl methyl sites for hydroxylation is 2. The minimum Gasteiger partial charge on any atom is -0.314 e. The zero-order chi connectivity index (χ0) is 12.1. The maximum atomic E-state index is 4.05. The Balaban J connectivity index is 1.55.